The van der Waals surface area contributed by atoms with Gasteiger partial charge in [-0.15, -0.1) is 0 Å². The molecule has 6 nitrogen and oxygen atoms in total. The van der Waals surface area contributed by atoms with Crippen LogP contribution in [0.4, 0.5) is 4.79 Å². The molecule has 1 unspecified atom stereocenters. The maximum absolute atomic E-state index is 12.4. The zero-order valence-corrected chi connectivity index (χ0v) is 13.2. The summed E-state index contributed by atoms with van der Waals surface area (Å²) in [5, 5.41) is 11.5. The summed E-state index contributed by atoms with van der Waals surface area (Å²) in [6.45, 7) is 5.65. The number of unbranched alkanes of at least 4 members (excludes halogenated alkanes) is 1. The predicted molar refractivity (Wildman–Crippen MR) is 82.0 cm³/mol. The molecule has 2 amide bonds. The summed E-state index contributed by atoms with van der Waals surface area (Å²) in [6, 6.07) is 2.63. The van der Waals surface area contributed by atoms with Crippen molar-refractivity contribution < 1.29 is 4.79 Å². The molecule has 1 saturated carbocycles. The topological polar surface area (TPSA) is 74.0 Å². The average Bonchev–Trinajstić information content (AvgIpc) is 3.21. The Labute approximate surface area is 131 Å². The van der Waals surface area contributed by atoms with Crippen molar-refractivity contribution >= 4 is 6.03 Å². The van der Waals surface area contributed by atoms with Crippen molar-refractivity contribution in [3.8, 4) is 6.07 Å². The van der Waals surface area contributed by atoms with Gasteiger partial charge in [0, 0.05) is 43.4 Å². The standard InChI is InChI=1S/C16H23N5O/c1-16(2)11-21(15(22)19-8-4-3-7-17)13(16)14-18-9-10-20(14)12-5-6-12/h9-10,12-13H,3-6,8,11H2,1-2H3,(H,19,22). The first-order chi connectivity index (χ1) is 10.5. The number of hydrogen-bond acceptors (Lipinski definition) is 3. The molecule has 0 spiro atoms. The number of nitriles is 1. The van der Waals surface area contributed by atoms with Crippen LogP contribution in [-0.2, 0) is 0 Å². The van der Waals surface area contributed by atoms with E-state index < -0.39 is 0 Å². The second-order valence-electron chi connectivity index (χ2n) is 6.94. The van der Waals surface area contributed by atoms with E-state index in [9.17, 15) is 4.79 Å². The van der Waals surface area contributed by atoms with E-state index in [1.165, 1.54) is 12.8 Å². The van der Waals surface area contributed by atoms with Gasteiger partial charge in [-0.3, -0.25) is 0 Å². The van der Waals surface area contributed by atoms with E-state index in [1.807, 2.05) is 17.3 Å². The van der Waals surface area contributed by atoms with Crippen molar-refractivity contribution in [3.05, 3.63) is 18.2 Å². The van der Waals surface area contributed by atoms with Crippen LogP contribution in [0.3, 0.4) is 0 Å². The number of aromatic nitrogens is 2. The Morgan fingerprint density at radius 1 is 1.55 bits per heavy atom. The second kappa shape index (κ2) is 5.64. The van der Waals surface area contributed by atoms with Crippen LogP contribution >= 0.6 is 0 Å². The Kier molecular flexibility index (Phi) is 3.81. The molecule has 6 heteroatoms. The van der Waals surface area contributed by atoms with Gasteiger partial charge in [-0.1, -0.05) is 13.8 Å². The van der Waals surface area contributed by atoms with Gasteiger partial charge < -0.3 is 14.8 Å². The van der Waals surface area contributed by atoms with Crippen molar-refractivity contribution in [2.45, 2.75) is 51.6 Å². The van der Waals surface area contributed by atoms with Crippen molar-refractivity contribution in [2.75, 3.05) is 13.1 Å². The molecular formula is C16H23N5O. The van der Waals surface area contributed by atoms with Gasteiger partial charge in [0.15, 0.2) is 0 Å². The number of nitrogens with zero attached hydrogens (tertiary/aromatic N) is 4. The molecule has 118 valence electrons. The van der Waals surface area contributed by atoms with Crippen LogP contribution in [0.5, 0.6) is 0 Å². The average molecular weight is 301 g/mol. The fraction of sp³-hybridized carbons (Fsp3) is 0.688. The van der Waals surface area contributed by atoms with Gasteiger partial charge in [0.2, 0.25) is 0 Å². The number of nitrogens with one attached hydrogen (secondary N) is 1. The fourth-order valence-corrected chi connectivity index (χ4v) is 3.27. The number of urea groups is 1. The molecule has 22 heavy (non-hydrogen) atoms. The Bertz CT molecular complexity index is 596. The van der Waals surface area contributed by atoms with Gasteiger partial charge >= 0.3 is 6.03 Å². The minimum absolute atomic E-state index is 0.0269. The summed E-state index contributed by atoms with van der Waals surface area (Å²) in [5.74, 6) is 1.01. The zero-order chi connectivity index (χ0) is 15.7. The molecule has 1 aliphatic carbocycles. The van der Waals surface area contributed by atoms with Gasteiger partial charge in [-0.2, -0.15) is 5.26 Å². The van der Waals surface area contributed by atoms with Gasteiger partial charge in [0.25, 0.3) is 0 Å². The highest BCUT2D eigenvalue weighted by Crippen LogP contribution is 2.49. The van der Waals surface area contributed by atoms with Crippen LogP contribution in [0.15, 0.2) is 12.4 Å². The van der Waals surface area contributed by atoms with Crippen LogP contribution in [-0.4, -0.2) is 33.6 Å². The first kappa shape index (κ1) is 14.9. The predicted octanol–water partition coefficient (Wildman–Crippen LogP) is 2.61. The van der Waals surface area contributed by atoms with Crippen molar-refractivity contribution in [1.29, 1.82) is 5.26 Å². The lowest BCUT2D eigenvalue weighted by molar-refractivity contribution is -0.0234. The van der Waals surface area contributed by atoms with E-state index in [-0.39, 0.29) is 17.5 Å². The molecule has 1 atom stereocenters. The van der Waals surface area contributed by atoms with E-state index >= 15 is 0 Å². The minimum Gasteiger partial charge on any atom is -0.338 e. The molecule has 2 heterocycles. The molecular weight excluding hydrogens is 278 g/mol. The van der Waals surface area contributed by atoms with E-state index in [0.29, 0.717) is 25.4 Å². The molecule has 1 aromatic rings. The van der Waals surface area contributed by atoms with Gasteiger partial charge in [0.05, 0.1) is 12.1 Å². The first-order valence-corrected chi connectivity index (χ1v) is 7.99. The summed E-state index contributed by atoms with van der Waals surface area (Å²) < 4.78 is 2.24. The van der Waals surface area contributed by atoms with Crippen LogP contribution in [0.2, 0.25) is 0 Å². The van der Waals surface area contributed by atoms with Gasteiger partial charge in [-0.05, 0) is 19.3 Å². The number of amides is 2. The number of likely N-dealkylation sites (tertiary alicyclic amines) is 1. The Morgan fingerprint density at radius 2 is 2.32 bits per heavy atom. The summed E-state index contributed by atoms with van der Waals surface area (Å²) in [7, 11) is 0. The fourth-order valence-electron chi connectivity index (χ4n) is 3.27. The number of carbonyl (C=O) groups excluding carboxylic acids is 1. The van der Waals surface area contributed by atoms with Gasteiger partial charge in [0.1, 0.15) is 5.82 Å². The monoisotopic (exact) mass is 301 g/mol. The molecule has 1 N–H and O–H groups in total. The van der Waals surface area contributed by atoms with Crippen LogP contribution in [0.25, 0.3) is 0 Å². The number of rotatable bonds is 5. The molecule has 2 fully saturated rings. The SMILES string of the molecule is CC1(C)CN(C(=O)NCCCC#N)C1c1nccn1C1CC1. The molecule has 2 aliphatic rings. The van der Waals surface area contributed by atoms with Gasteiger partial charge in [-0.25, -0.2) is 9.78 Å². The highest BCUT2D eigenvalue weighted by atomic mass is 16.2. The van der Waals surface area contributed by atoms with E-state index in [4.69, 9.17) is 5.26 Å². The maximum atomic E-state index is 12.4. The minimum atomic E-state index is -0.0485. The third kappa shape index (κ3) is 2.68. The third-order valence-electron chi connectivity index (χ3n) is 4.52. The van der Waals surface area contributed by atoms with Crippen LogP contribution in [0.1, 0.15) is 57.4 Å². The number of imidazole rings is 1. The summed E-state index contributed by atoms with van der Waals surface area (Å²) >= 11 is 0. The highest BCUT2D eigenvalue weighted by Gasteiger charge is 2.51. The molecule has 0 bridgehead atoms. The summed E-state index contributed by atoms with van der Waals surface area (Å²) in [5.41, 5.74) is 0.0436. The van der Waals surface area contributed by atoms with Crippen LogP contribution < -0.4 is 5.32 Å². The van der Waals surface area contributed by atoms with E-state index in [2.05, 4.69) is 34.8 Å². The van der Waals surface area contributed by atoms with E-state index in [0.717, 1.165) is 12.4 Å². The second-order valence-corrected chi connectivity index (χ2v) is 6.94. The summed E-state index contributed by atoms with van der Waals surface area (Å²) in [6.07, 6.45) is 7.45. The molecule has 0 radical (unpaired) electrons. The number of carbonyl (C=O) groups is 1. The molecule has 0 aromatic carbocycles. The Hall–Kier alpha value is -2.03. The smallest absolute Gasteiger partial charge is 0.318 e. The maximum Gasteiger partial charge on any atom is 0.318 e. The lowest BCUT2D eigenvalue weighted by Crippen LogP contribution is -2.61. The normalized spacial score (nSPS) is 22.8. The molecule has 1 aliphatic heterocycles. The first-order valence-electron chi connectivity index (χ1n) is 7.99. The van der Waals surface area contributed by atoms with Crippen molar-refractivity contribution in [3.63, 3.8) is 0 Å². The molecule has 3 rings (SSSR count). The summed E-state index contributed by atoms with van der Waals surface area (Å²) in [4.78, 5) is 18.8. The van der Waals surface area contributed by atoms with Crippen molar-refractivity contribution in [2.24, 2.45) is 5.41 Å². The zero-order valence-electron chi connectivity index (χ0n) is 13.2. The highest BCUT2D eigenvalue weighted by molar-refractivity contribution is 5.76. The van der Waals surface area contributed by atoms with E-state index in [1.54, 1.807) is 0 Å². The Morgan fingerprint density at radius 3 is 2.95 bits per heavy atom. The largest absolute Gasteiger partial charge is 0.338 e. The quantitative estimate of drug-likeness (QED) is 0.850. The molecule has 1 aromatic heterocycles. The molecule has 1 saturated heterocycles. The number of hydrogen-bond donors (Lipinski definition) is 1. The Balaban J connectivity index is 1.69. The van der Waals surface area contributed by atoms with Crippen molar-refractivity contribution in [1.82, 2.24) is 19.8 Å². The van der Waals surface area contributed by atoms with Crippen LogP contribution in [0, 0.1) is 16.7 Å². The lowest BCUT2D eigenvalue weighted by atomic mass is 9.74. The third-order valence-corrected chi connectivity index (χ3v) is 4.52. The lowest BCUT2D eigenvalue weighted by Gasteiger charge is -2.53.